The summed E-state index contributed by atoms with van der Waals surface area (Å²) in [6.07, 6.45) is 0. The molecule has 13 heavy (non-hydrogen) atoms. The predicted octanol–water partition coefficient (Wildman–Crippen LogP) is 2.84. The fourth-order valence-electron chi connectivity index (χ4n) is 0.839. The zero-order valence-corrected chi connectivity index (χ0v) is 9.14. The SMILES string of the molecule is O=C(Cl)c1ccc(OCCBr)cc1. The second-order valence-corrected chi connectivity index (χ2v) is 3.47. The monoisotopic (exact) mass is 262 g/mol. The highest BCUT2D eigenvalue weighted by molar-refractivity contribution is 9.09. The first kappa shape index (κ1) is 10.5. The van der Waals surface area contributed by atoms with Gasteiger partial charge in [-0.15, -0.1) is 0 Å². The van der Waals surface area contributed by atoms with Gasteiger partial charge in [-0.1, -0.05) is 15.9 Å². The molecule has 0 radical (unpaired) electrons. The second-order valence-electron chi connectivity index (χ2n) is 2.34. The van der Waals surface area contributed by atoms with Crippen molar-refractivity contribution in [1.29, 1.82) is 0 Å². The minimum absolute atomic E-state index is 0.452. The van der Waals surface area contributed by atoms with E-state index in [-0.39, 0.29) is 0 Å². The van der Waals surface area contributed by atoms with Gasteiger partial charge in [-0.2, -0.15) is 0 Å². The van der Waals surface area contributed by atoms with Gasteiger partial charge in [0.1, 0.15) is 5.75 Å². The predicted molar refractivity (Wildman–Crippen MR) is 55.9 cm³/mol. The molecule has 0 atom stereocenters. The molecule has 0 unspecified atom stereocenters. The summed E-state index contributed by atoms with van der Waals surface area (Å²) in [5.41, 5.74) is 0.479. The highest BCUT2D eigenvalue weighted by atomic mass is 79.9. The van der Waals surface area contributed by atoms with Crippen LogP contribution < -0.4 is 4.74 Å². The summed E-state index contributed by atoms with van der Waals surface area (Å²) < 4.78 is 5.29. The van der Waals surface area contributed by atoms with Crippen molar-refractivity contribution in [3.8, 4) is 5.75 Å². The Morgan fingerprint density at radius 2 is 2.00 bits per heavy atom. The molecule has 4 heteroatoms. The van der Waals surface area contributed by atoms with E-state index in [2.05, 4.69) is 15.9 Å². The van der Waals surface area contributed by atoms with Gasteiger partial charge < -0.3 is 4.74 Å². The summed E-state index contributed by atoms with van der Waals surface area (Å²) in [6, 6.07) is 6.72. The number of carbonyl (C=O) groups is 1. The van der Waals surface area contributed by atoms with Gasteiger partial charge in [0.2, 0.25) is 0 Å². The van der Waals surface area contributed by atoms with Crippen LogP contribution in [0.4, 0.5) is 0 Å². The normalized spacial score (nSPS) is 9.69. The number of ether oxygens (including phenoxy) is 1. The van der Waals surface area contributed by atoms with E-state index in [1.807, 2.05) is 0 Å². The maximum Gasteiger partial charge on any atom is 0.252 e. The summed E-state index contributed by atoms with van der Waals surface area (Å²) in [5.74, 6) is 0.737. The summed E-state index contributed by atoms with van der Waals surface area (Å²) in [7, 11) is 0. The molecular formula is C9H8BrClO2. The molecule has 2 nitrogen and oxygen atoms in total. The number of hydrogen-bond acceptors (Lipinski definition) is 2. The third-order valence-electron chi connectivity index (χ3n) is 1.43. The number of carbonyl (C=O) groups excluding carboxylic acids is 1. The molecule has 0 aliphatic rings. The van der Waals surface area contributed by atoms with Crippen molar-refractivity contribution in [2.24, 2.45) is 0 Å². The molecule has 0 heterocycles. The molecule has 0 aromatic heterocycles. The zero-order chi connectivity index (χ0) is 9.68. The van der Waals surface area contributed by atoms with Gasteiger partial charge in [-0.05, 0) is 35.9 Å². The topological polar surface area (TPSA) is 26.3 Å². The Hall–Kier alpha value is -0.540. The Labute approximate surface area is 90.0 Å². The lowest BCUT2D eigenvalue weighted by Gasteiger charge is -2.03. The molecule has 0 fully saturated rings. The summed E-state index contributed by atoms with van der Waals surface area (Å²) in [4.78, 5) is 10.7. The highest BCUT2D eigenvalue weighted by Gasteiger charge is 2.00. The van der Waals surface area contributed by atoms with Crippen molar-refractivity contribution in [3.05, 3.63) is 29.8 Å². The fraction of sp³-hybridized carbons (Fsp3) is 0.222. The van der Waals surface area contributed by atoms with Gasteiger partial charge >= 0.3 is 0 Å². The van der Waals surface area contributed by atoms with Crippen molar-refractivity contribution in [1.82, 2.24) is 0 Å². The van der Waals surface area contributed by atoms with Crippen LogP contribution in [0, 0.1) is 0 Å². The van der Waals surface area contributed by atoms with Crippen LogP contribution in [-0.4, -0.2) is 17.2 Å². The molecule has 0 spiro atoms. The molecule has 1 aromatic rings. The second kappa shape index (κ2) is 5.25. The van der Waals surface area contributed by atoms with Gasteiger partial charge in [-0.25, -0.2) is 0 Å². The van der Waals surface area contributed by atoms with Crippen LogP contribution >= 0.6 is 27.5 Å². The molecule has 1 aromatic carbocycles. The Balaban J connectivity index is 2.64. The molecule has 0 bridgehead atoms. The standard InChI is InChI=1S/C9H8BrClO2/c10-5-6-13-8-3-1-7(2-4-8)9(11)12/h1-4H,5-6H2. The minimum atomic E-state index is -0.452. The van der Waals surface area contributed by atoms with Crippen LogP contribution in [0.5, 0.6) is 5.75 Å². The third kappa shape index (κ3) is 3.36. The Morgan fingerprint density at radius 1 is 1.38 bits per heavy atom. The first-order valence-corrected chi connectivity index (χ1v) is 5.22. The molecule has 0 saturated carbocycles. The Kier molecular flexibility index (Phi) is 4.25. The average Bonchev–Trinajstić information content (AvgIpc) is 2.15. The molecule has 0 amide bonds. The number of rotatable bonds is 4. The van der Waals surface area contributed by atoms with E-state index in [0.29, 0.717) is 12.2 Å². The number of alkyl halides is 1. The van der Waals surface area contributed by atoms with E-state index < -0.39 is 5.24 Å². The lowest BCUT2D eigenvalue weighted by Crippen LogP contribution is -1.97. The molecule has 1 rings (SSSR count). The quantitative estimate of drug-likeness (QED) is 0.617. The number of halogens is 2. The van der Waals surface area contributed by atoms with Crippen molar-refractivity contribution in [2.45, 2.75) is 0 Å². The van der Waals surface area contributed by atoms with E-state index in [9.17, 15) is 4.79 Å². The molecule has 0 aliphatic carbocycles. The fourth-order valence-corrected chi connectivity index (χ4v) is 1.13. The van der Waals surface area contributed by atoms with E-state index in [1.54, 1.807) is 24.3 Å². The van der Waals surface area contributed by atoms with Crippen LogP contribution in [-0.2, 0) is 0 Å². The first-order chi connectivity index (χ1) is 6.24. The Morgan fingerprint density at radius 3 is 2.46 bits per heavy atom. The molecule has 0 aliphatic heterocycles. The van der Waals surface area contributed by atoms with Gasteiger partial charge in [0.25, 0.3) is 5.24 Å². The zero-order valence-electron chi connectivity index (χ0n) is 6.80. The minimum Gasteiger partial charge on any atom is -0.493 e. The molecular weight excluding hydrogens is 255 g/mol. The van der Waals surface area contributed by atoms with Crippen LogP contribution in [0.3, 0.4) is 0 Å². The van der Waals surface area contributed by atoms with Crippen molar-refractivity contribution in [3.63, 3.8) is 0 Å². The maximum absolute atomic E-state index is 10.7. The van der Waals surface area contributed by atoms with Crippen LogP contribution in [0.15, 0.2) is 24.3 Å². The highest BCUT2D eigenvalue weighted by Crippen LogP contribution is 2.13. The first-order valence-electron chi connectivity index (χ1n) is 3.72. The van der Waals surface area contributed by atoms with Gasteiger partial charge in [0, 0.05) is 10.9 Å². The smallest absolute Gasteiger partial charge is 0.252 e. The third-order valence-corrected chi connectivity index (χ3v) is 1.97. The lowest BCUT2D eigenvalue weighted by molar-refractivity contribution is 0.108. The summed E-state index contributed by atoms with van der Waals surface area (Å²) in [5, 5.41) is 0.329. The van der Waals surface area contributed by atoms with Crippen LogP contribution in [0.1, 0.15) is 10.4 Å². The number of benzene rings is 1. The van der Waals surface area contributed by atoms with Crippen molar-refractivity contribution in [2.75, 3.05) is 11.9 Å². The molecule has 0 N–H and O–H groups in total. The van der Waals surface area contributed by atoms with Crippen molar-refractivity contribution < 1.29 is 9.53 Å². The van der Waals surface area contributed by atoms with E-state index in [0.717, 1.165) is 11.1 Å². The van der Waals surface area contributed by atoms with Gasteiger partial charge in [-0.3, -0.25) is 4.79 Å². The van der Waals surface area contributed by atoms with E-state index in [4.69, 9.17) is 16.3 Å². The Bertz CT molecular complexity index is 284. The van der Waals surface area contributed by atoms with Crippen molar-refractivity contribution >= 4 is 32.8 Å². The summed E-state index contributed by atoms with van der Waals surface area (Å²) in [6.45, 7) is 0.605. The van der Waals surface area contributed by atoms with E-state index >= 15 is 0 Å². The van der Waals surface area contributed by atoms with E-state index in [1.165, 1.54) is 0 Å². The summed E-state index contributed by atoms with van der Waals surface area (Å²) >= 11 is 8.52. The molecule has 0 saturated heterocycles. The van der Waals surface area contributed by atoms with Crippen LogP contribution in [0.2, 0.25) is 0 Å². The molecule has 70 valence electrons. The van der Waals surface area contributed by atoms with Crippen LogP contribution in [0.25, 0.3) is 0 Å². The van der Waals surface area contributed by atoms with Gasteiger partial charge in [0.15, 0.2) is 0 Å². The lowest BCUT2D eigenvalue weighted by atomic mass is 10.2. The average molecular weight is 264 g/mol. The van der Waals surface area contributed by atoms with Gasteiger partial charge in [0.05, 0.1) is 6.61 Å². The number of hydrogen-bond donors (Lipinski definition) is 0. The maximum atomic E-state index is 10.7. The largest absolute Gasteiger partial charge is 0.493 e.